The van der Waals surface area contributed by atoms with E-state index < -0.39 is 6.10 Å². The van der Waals surface area contributed by atoms with E-state index in [4.69, 9.17) is 10.5 Å². The van der Waals surface area contributed by atoms with Gasteiger partial charge in [-0.15, -0.1) is 0 Å². The highest BCUT2D eigenvalue weighted by Gasteiger charge is 2.18. The van der Waals surface area contributed by atoms with Crippen LogP contribution in [0.1, 0.15) is 12.8 Å². The van der Waals surface area contributed by atoms with Crippen LogP contribution in [0, 0.1) is 0 Å². The second-order valence-corrected chi connectivity index (χ2v) is 4.77. The Morgan fingerprint density at radius 2 is 2.22 bits per heavy atom. The summed E-state index contributed by atoms with van der Waals surface area (Å²) in [7, 11) is 0. The molecule has 2 rings (SSSR count). The average molecular weight is 248 g/mol. The molecule has 1 atom stereocenters. The number of β-amino-alcohol motifs (C(OH)–C–C–N with tert-alkyl or cyclic N) is 1. The minimum absolute atomic E-state index is 0.306. The first-order valence-electron chi connectivity index (χ1n) is 6.40. The van der Waals surface area contributed by atoms with Gasteiger partial charge in [-0.3, -0.25) is 0 Å². The number of aliphatic hydroxyl groups is 1. The van der Waals surface area contributed by atoms with E-state index in [2.05, 4.69) is 16.4 Å². The van der Waals surface area contributed by atoms with Gasteiger partial charge in [0.15, 0.2) is 0 Å². The third-order valence-electron chi connectivity index (χ3n) is 3.17. The molecule has 0 aromatic carbocycles. The van der Waals surface area contributed by atoms with Gasteiger partial charge in [0, 0.05) is 18.7 Å². The van der Waals surface area contributed by atoms with Gasteiger partial charge >= 0.3 is 0 Å². The molecule has 1 heterocycles. The first kappa shape index (κ1) is 13.2. The van der Waals surface area contributed by atoms with Crippen LogP contribution in [0.5, 0.6) is 0 Å². The molecule has 98 valence electrons. The summed E-state index contributed by atoms with van der Waals surface area (Å²) in [5.41, 5.74) is 11.5. The molecule has 0 saturated carbocycles. The van der Waals surface area contributed by atoms with Gasteiger partial charge < -0.3 is 20.5 Å². The fourth-order valence-electron chi connectivity index (χ4n) is 2.10. The van der Waals surface area contributed by atoms with Crippen molar-refractivity contribution >= 4 is 0 Å². The van der Waals surface area contributed by atoms with E-state index in [9.17, 15) is 5.11 Å². The number of likely N-dealkylation sites (tertiary alicyclic amines) is 1. The highest BCUT2D eigenvalue weighted by atomic mass is 16.5. The molecule has 0 bridgehead atoms. The number of allylic oxidation sites excluding steroid dienone is 3. The van der Waals surface area contributed by atoms with Crippen LogP contribution in [0.25, 0.3) is 0 Å². The van der Waals surface area contributed by atoms with E-state index in [0.717, 1.165) is 25.9 Å². The highest BCUT2D eigenvalue weighted by molar-refractivity contribution is 5.21. The van der Waals surface area contributed by atoms with Gasteiger partial charge in [-0.05, 0) is 38.1 Å². The number of hydrogen-bond acceptors (Lipinski definition) is 4. The van der Waals surface area contributed by atoms with Gasteiger partial charge in [0.25, 0.3) is 0 Å². The van der Waals surface area contributed by atoms with E-state index in [1.54, 1.807) is 12.2 Å². The van der Waals surface area contributed by atoms with Crippen molar-refractivity contribution in [2.24, 2.45) is 5.73 Å². The Hall–Kier alpha value is -1.28. The average Bonchev–Trinajstić information content (AvgIpc) is 2.40. The zero-order valence-corrected chi connectivity index (χ0v) is 10.5. The van der Waals surface area contributed by atoms with E-state index in [1.165, 1.54) is 0 Å². The summed E-state index contributed by atoms with van der Waals surface area (Å²) in [6.07, 6.45) is 6.82. The van der Waals surface area contributed by atoms with Crippen LogP contribution in [-0.4, -0.2) is 48.4 Å². The Morgan fingerprint density at radius 1 is 1.44 bits per heavy atom. The van der Waals surface area contributed by atoms with Crippen molar-refractivity contribution in [1.29, 1.82) is 0 Å². The van der Waals surface area contributed by atoms with E-state index in [1.807, 2.05) is 6.08 Å². The zero-order valence-electron chi connectivity index (χ0n) is 10.5. The molecule has 0 aromatic heterocycles. The molecule has 1 aliphatic carbocycles. The van der Waals surface area contributed by atoms with Crippen molar-refractivity contribution in [3.8, 4) is 0 Å². The molecule has 1 aliphatic heterocycles. The molecule has 2 aliphatic rings. The summed E-state index contributed by atoms with van der Waals surface area (Å²) in [4.78, 5) is 2.24. The van der Waals surface area contributed by atoms with Crippen molar-refractivity contribution < 1.29 is 9.84 Å². The van der Waals surface area contributed by atoms with Crippen molar-refractivity contribution in [1.82, 2.24) is 4.90 Å². The summed E-state index contributed by atoms with van der Waals surface area (Å²) in [5, 5.41) is 9.91. The molecule has 4 nitrogen and oxygen atoms in total. The Labute approximate surface area is 108 Å². The number of aliphatic hydroxyl groups excluding tert-OH is 1. The van der Waals surface area contributed by atoms with Crippen molar-refractivity contribution in [3.05, 3.63) is 35.4 Å². The van der Waals surface area contributed by atoms with Gasteiger partial charge in [-0.25, -0.2) is 0 Å². The number of rotatable bonds is 5. The molecule has 0 amide bonds. The second kappa shape index (κ2) is 6.60. The van der Waals surface area contributed by atoms with Crippen LogP contribution in [-0.2, 0) is 4.74 Å². The molecule has 0 spiro atoms. The maximum absolute atomic E-state index is 9.91. The molecule has 1 saturated heterocycles. The lowest BCUT2D eigenvalue weighted by molar-refractivity contribution is 0.0396. The summed E-state index contributed by atoms with van der Waals surface area (Å²) >= 11 is 0. The fraction of sp³-hybridized carbons (Fsp3) is 0.571. The molecule has 18 heavy (non-hydrogen) atoms. The van der Waals surface area contributed by atoms with Gasteiger partial charge in [-0.2, -0.15) is 0 Å². The van der Waals surface area contributed by atoms with Gasteiger partial charge in [0.2, 0.25) is 0 Å². The number of nitrogens with two attached hydrogens (primary N) is 1. The summed E-state index contributed by atoms with van der Waals surface area (Å²) in [5.74, 6) is 0.716. The second-order valence-electron chi connectivity index (χ2n) is 4.77. The van der Waals surface area contributed by atoms with Crippen LogP contribution < -0.4 is 5.73 Å². The van der Waals surface area contributed by atoms with Crippen LogP contribution in [0.15, 0.2) is 35.4 Å². The van der Waals surface area contributed by atoms with E-state index in [-0.39, 0.29) is 0 Å². The summed E-state index contributed by atoms with van der Waals surface area (Å²) in [6, 6.07) is 0.325. The zero-order chi connectivity index (χ0) is 12.8. The largest absolute Gasteiger partial charge is 0.490 e. The Morgan fingerprint density at radius 3 is 2.89 bits per heavy atom. The van der Waals surface area contributed by atoms with E-state index >= 15 is 0 Å². The third kappa shape index (κ3) is 4.19. The SMILES string of the molecule is NC1CCN(CC(O)COC2=CC=C=C=C2)CC1. The number of hydrogen-bond donors (Lipinski definition) is 2. The van der Waals surface area contributed by atoms with E-state index in [0.29, 0.717) is 25.0 Å². The Kier molecular flexibility index (Phi) is 4.82. The first-order chi connectivity index (χ1) is 8.74. The number of nitrogens with zero attached hydrogens (tertiary/aromatic N) is 1. The third-order valence-corrected chi connectivity index (χ3v) is 3.17. The van der Waals surface area contributed by atoms with Crippen LogP contribution in [0.4, 0.5) is 0 Å². The highest BCUT2D eigenvalue weighted by Crippen LogP contribution is 2.09. The topological polar surface area (TPSA) is 58.7 Å². The Balaban J connectivity index is 1.66. The Bertz CT molecular complexity index is 396. The van der Waals surface area contributed by atoms with Crippen LogP contribution >= 0.6 is 0 Å². The lowest BCUT2D eigenvalue weighted by atomic mass is 10.1. The lowest BCUT2D eigenvalue weighted by Crippen LogP contribution is -2.43. The molecule has 4 heteroatoms. The molecular weight excluding hydrogens is 228 g/mol. The number of ether oxygens (including phenoxy) is 1. The maximum atomic E-state index is 9.91. The minimum Gasteiger partial charge on any atom is -0.490 e. The molecular formula is C14H20N2O2. The first-order valence-corrected chi connectivity index (χ1v) is 6.40. The van der Waals surface area contributed by atoms with Crippen molar-refractivity contribution in [3.63, 3.8) is 0 Å². The minimum atomic E-state index is -0.469. The predicted octanol–water partition coefficient (Wildman–Crippen LogP) is 0.551. The summed E-state index contributed by atoms with van der Waals surface area (Å²) in [6.45, 7) is 2.88. The van der Waals surface area contributed by atoms with Crippen molar-refractivity contribution in [2.75, 3.05) is 26.2 Å². The normalized spacial score (nSPS) is 22.0. The fourth-order valence-corrected chi connectivity index (χ4v) is 2.10. The lowest BCUT2D eigenvalue weighted by Gasteiger charge is -2.31. The molecule has 1 fully saturated rings. The molecule has 1 unspecified atom stereocenters. The van der Waals surface area contributed by atoms with Crippen LogP contribution in [0.3, 0.4) is 0 Å². The van der Waals surface area contributed by atoms with Gasteiger partial charge in [-0.1, -0.05) is 11.5 Å². The quantitative estimate of drug-likeness (QED) is 0.698. The standard InChI is InChI=1S/C14H20N2O2/c15-12-6-8-16(9-7-12)10-13(17)11-18-14-4-2-1-3-5-14/h2,4-5,12-13,17H,6-11,15H2. The van der Waals surface area contributed by atoms with Gasteiger partial charge in [0.1, 0.15) is 18.5 Å². The van der Waals surface area contributed by atoms with Crippen LogP contribution in [0.2, 0.25) is 0 Å². The smallest absolute Gasteiger partial charge is 0.128 e. The molecule has 3 N–H and O–H groups in total. The van der Waals surface area contributed by atoms with Crippen molar-refractivity contribution in [2.45, 2.75) is 25.0 Å². The summed E-state index contributed by atoms with van der Waals surface area (Å²) < 4.78 is 5.48. The molecule has 0 radical (unpaired) electrons. The monoisotopic (exact) mass is 248 g/mol. The predicted molar refractivity (Wildman–Crippen MR) is 69.9 cm³/mol. The van der Waals surface area contributed by atoms with Gasteiger partial charge in [0.05, 0.1) is 0 Å². The maximum Gasteiger partial charge on any atom is 0.128 e. The molecule has 0 aromatic rings. The number of piperidine rings is 1.